The van der Waals surface area contributed by atoms with Crippen molar-refractivity contribution in [2.75, 3.05) is 13.9 Å². The van der Waals surface area contributed by atoms with Crippen LogP contribution in [-0.2, 0) is 20.0 Å². The second kappa shape index (κ2) is 7.80. The minimum atomic E-state index is -1.23. The van der Waals surface area contributed by atoms with Gasteiger partial charge in [0.15, 0.2) is 6.79 Å². The number of halogens is 1. The van der Waals surface area contributed by atoms with Crippen LogP contribution in [0.1, 0.15) is 25.8 Å². The molecule has 0 aliphatic rings. The molecule has 1 aromatic carbocycles. The zero-order chi connectivity index (χ0) is 15.2. The Balaban J connectivity index is 3.22. The molecule has 5 nitrogen and oxygen atoms in total. The molecule has 112 valence electrons. The predicted octanol–water partition coefficient (Wildman–Crippen LogP) is 3.21. The quantitative estimate of drug-likeness (QED) is 0.571. The normalized spacial score (nSPS) is 14.1. The van der Waals surface area contributed by atoms with Crippen LogP contribution in [-0.4, -0.2) is 20.0 Å². The second-order valence-corrected chi connectivity index (χ2v) is 6.08. The topological polar surface area (TPSA) is 70.8 Å². The molecule has 0 fully saturated rings. The number of benzene rings is 1. The molecule has 20 heavy (non-hydrogen) atoms. The molecule has 0 saturated heterocycles. The Kier molecular flexibility index (Phi) is 6.70. The van der Waals surface area contributed by atoms with Gasteiger partial charge >= 0.3 is 6.09 Å². The SMILES string of the molecule is COCOC(CC(C)C)(OC(N)=O)c1cccc(I)c1. The van der Waals surface area contributed by atoms with E-state index in [0.29, 0.717) is 6.42 Å². The summed E-state index contributed by atoms with van der Waals surface area (Å²) in [4.78, 5) is 11.3. The fourth-order valence-electron chi connectivity index (χ4n) is 1.97. The van der Waals surface area contributed by atoms with Gasteiger partial charge < -0.3 is 19.9 Å². The summed E-state index contributed by atoms with van der Waals surface area (Å²) in [6.45, 7) is 4.04. The number of primary amides is 1. The van der Waals surface area contributed by atoms with E-state index in [1.807, 2.05) is 38.1 Å². The predicted molar refractivity (Wildman–Crippen MR) is 83.9 cm³/mol. The first-order valence-electron chi connectivity index (χ1n) is 6.27. The van der Waals surface area contributed by atoms with Crippen molar-refractivity contribution < 1.29 is 19.0 Å². The van der Waals surface area contributed by atoms with Gasteiger partial charge in [0.1, 0.15) is 0 Å². The van der Waals surface area contributed by atoms with Gasteiger partial charge in [0, 0.05) is 22.7 Å². The zero-order valence-corrected chi connectivity index (χ0v) is 14.0. The Hall–Kier alpha value is -0.860. The lowest BCUT2D eigenvalue weighted by Crippen LogP contribution is -2.39. The molecule has 0 aliphatic heterocycles. The molecule has 1 atom stereocenters. The van der Waals surface area contributed by atoms with Gasteiger partial charge in [0.25, 0.3) is 0 Å². The molecular weight excluding hydrogens is 373 g/mol. The van der Waals surface area contributed by atoms with Crippen molar-refractivity contribution in [1.29, 1.82) is 0 Å². The molecule has 1 unspecified atom stereocenters. The Morgan fingerprint density at radius 2 is 2.15 bits per heavy atom. The van der Waals surface area contributed by atoms with Crippen LogP contribution in [0.3, 0.4) is 0 Å². The first-order chi connectivity index (χ1) is 9.39. The van der Waals surface area contributed by atoms with Crippen molar-refractivity contribution in [3.8, 4) is 0 Å². The van der Waals surface area contributed by atoms with E-state index >= 15 is 0 Å². The summed E-state index contributed by atoms with van der Waals surface area (Å²) in [5, 5.41) is 0. The summed E-state index contributed by atoms with van der Waals surface area (Å²) in [5.41, 5.74) is 5.96. The van der Waals surface area contributed by atoms with E-state index in [0.717, 1.165) is 9.13 Å². The highest BCUT2D eigenvalue weighted by atomic mass is 127. The molecule has 1 amide bonds. The third kappa shape index (κ3) is 4.92. The average Bonchev–Trinajstić information content (AvgIpc) is 2.34. The highest BCUT2D eigenvalue weighted by Gasteiger charge is 2.38. The third-order valence-electron chi connectivity index (χ3n) is 2.62. The lowest BCUT2D eigenvalue weighted by atomic mass is 9.95. The molecule has 1 rings (SSSR count). The van der Waals surface area contributed by atoms with Crippen LogP contribution in [0.15, 0.2) is 24.3 Å². The molecule has 0 aliphatic carbocycles. The minimum Gasteiger partial charge on any atom is -0.412 e. The van der Waals surface area contributed by atoms with Crippen LogP contribution in [0.4, 0.5) is 4.79 Å². The van der Waals surface area contributed by atoms with Gasteiger partial charge in [0.2, 0.25) is 5.79 Å². The number of hydrogen-bond donors (Lipinski definition) is 1. The van der Waals surface area contributed by atoms with Gasteiger partial charge in [-0.25, -0.2) is 4.79 Å². The molecule has 0 saturated carbocycles. The fraction of sp³-hybridized carbons (Fsp3) is 0.500. The molecule has 1 aromatic rings. The summed E-state index contributed by atoms with van der Waals surface area (Å²) in [5.74, 6) is -0.985. The van der Waals surface area contributed by atoms with Gasteiger partial charge in [0.05, 0.1) is 0 Å². The van der Waals surface area contributed by atoms with E-state index < -0.39 is 11.9 Å². The highest BCUT2D eigenvalue weighted by molar-refractivity contribution is 14.1. The first kappa shape index (κ1) is 17.2. The Bertz CT molecular complexity index is 453. The number of amides is 1. The zero-order valence-electron chi connectivity index (χ0n) is 11.9. The minimum absolute atomic E-state index is 0.00543. The van der Waals surface area contributed by atoms with Gasteiger partial charge in [-0.3, -0.25) is 0 Å². The number of nitrogens with two attached hydrogens (primary N) is 1. The summed E-state index contributed by atoms with van der Waals surface area (Å²) in [6.07, 6.45) is -0.389. The van der Waals surface area contributed by atoms with E-state index in [-0.39, 0.29) is 12.7 Å². The summed E-state index contributed by atoms with van der Waals surface area (Å²) in [7, 11) is 1.51. The number of carbonyl (C=O) groups excluding carboxylic acids is 1. The Morgan fingerprint density at radius 3 is 2.65 bits per heavy atom. The van der Waals surface area contributed by atoms with Crippen LogP contribution >= 0.6 is 22.6 Å². The van der Waals surface area contributed by atoms with E-state index in [4.69, 9.17) is 19.9 Å². The van der Waals surface area contributed by atoms with E-state index in [1.165, 1.54) is 7.11 Å². The van der Waals surface area contributed by atoms with Gasteiger partial charge in [-0.15, -0.1) is 0 Å². The fourth-order valence-corrected chi connectivity index (χ4v) is 2.51. The summed E-state index contributed by atoms with van der Waals surface area (Å²) < 4.78 is 17.0. The second-order valence-electron chi connectivity index (χ2n) is 4.83. The maximum Gasteiger partial charge on any atom is 0.407 e. The number of ether oxygens (including phenoxy) is 3. The van der Waals surface area contributed by atoms with Crippen molar-refractivity contribution >= 4 is 28.7 Å². The monoisotopic (exact) mass is 393 g/mol. The largest absolute Gasteiger partial charge is 0.412 e. The number of rotatable bonds is 7. The van der Waals surface area contributed by atoms with Gasteiger partial charge in [-0.1, -0.05) is 26.0 Å². The number of hydrogen-bond acceptors (Lipinski definition) is 4. The van der Waals surface area contributed by atoms with Crippen LogP contribution in [0.2, 0.25) is 0 Å². The molecule has 0 bridgehead atoms. The lowest BCUT2D eigenvalue weighted by Gasteiger charge is -2.34. The maximum absolute atomic E-state index is 11.3. The average molecular weight is 393 g/mol. The molecule has 6 heteroatoms. The van der Waals surface area contributed by atoms with Crippen LogP contribution in [0.5, 0.6) is 0 Å². The first-order valence-corrected chi connectivity index (χ1v) is 7.35. The van der Waals surface area contributed by atoms with Crippen LogP contribution < -0.4 is 5.73 Å². The summed E-state index contributed by atoms with van der Waals surface area (Å²) in [6, 6.07) is 7.59. The number of carbonyl (C=O) groups is 1. The molecule has 0 heterocycles. The lowest BCUT2D eigenvalue weighted by molar-refractivity contribution is -0.255. The molecule has 0 spiro atoms. The smallest absolute Gasteiger partial charge is 0.407 e. The van der Waals surface area contributed by atoms with Crippen LogP contribution in [0.25, 0.3) is 0 Å². The van der Waals surface area contributed by atoms with Crippen molar-refractivity contribution in [1.82, 2.24) is 0 Å². The maximum atomic E-state index is 11.3. The van der Waals surface area contributed by atoms with Crippen molar-refractivity contribution in [3.63, 3.8) is 0 Å². The Morgan fingerprint density at radius 1 is 1.45 bits per heavy atom. The standard InChI is InChI=1S/C14H20INO4/c1-10(2)8-14(19-9-18-3,20-13(16)17)11-5-4-6-12(15)7-11/h4-7,10H,8-9H2,1-3H3,(H2,16,17). The van der Waals surface area contributed by atoms with Gasteiger partial charge in [-0.05, 0) is 40.6 Å². The van der Waals surface area contributed by atoms with E-state index in [1.54, 1.807) is 0 Å². The molecular formula is C14H20INO4. The Labute approximate surface area is 132 Å². The molecule has 0 aromatic heterocycles. The third-order valence-corrected chi connectivity index (χ3v) is 3.29. The van der Waals surface area contributed by atoms with Gasteiger partial charge in [-0.2, -0.15) is 0 Å². The van der Waals surface area contributed by atoms with Crippen molar-refractivity contribution in [2.24, 2.45) is 11.7 Å². The van der Waals surface area contributed by atoms with Crippen molar-refractivity contribution in [3.05, 3.63) is 33.4 Å². The highest BCUT2D eigenvalue weighted by Crippen LogP contribution is 2.35. The van der Waals surface area contributed by atoms with Crippen molar-refractivity contribution in [2.45, 2.75) is 26.1 Å². The van der Waals surface area contributed by atoms with E-state index in [9.17, 15) is 4.79 Å². The summed E-state index contributed by atoms with van der Waals surface area (Å²) >= 11 is 2.19. The molecule has 0 radical (unpaired) electrons. The molecule has 2 N–H and O–H groups in total. The number of methoxy groups -OCH3 is 1. The van der Waals surface area contributed by atoms with E-state index in [2.05, 4.69) is 22.6 Å². The van der Waals surface area contributed by atoms with Crippen LogP contribution in [0, 0.1) is 9.49 Å².